The fourth-order valence-corrected chi connectivity index (χ4v) is 3.05. The number of halogens is 1. The molecule has 1 aliphatic heterocycles. The minimum absolute atomic E-state index is 0.177. The molecule has 4 heteroatoms. The van der Waals surface area contributed by atoms with Gasteiger partial charge in [-0.2, -0.15) is 0 Å². The van der Waals surface area contributed by atoms with E-state index < -0.39 is 0 Å². The molecule has 1 aromatic carbocycles. The zero-order valence-electron chi connectivity index (χ0n) is 10.1. The third kappa shape index (κ3) is 1.81. The molecule has 1 amide bonds. The maximum atomic E-state index is 12.1. The number of rotatable bonds is 1. The lowest BCUT2D eigenvalue weighted by Gasteiger charge is -2.20. The minimum Gasteiger partial charge on any atom is -0.310 e. The summed E-state index contributed by atoms with van der Waals surface area (Å²) in [6, 6.07) is 7.97. The number of hydrogen-bond donors (Lipinski definition) is 0. The van der Waals surface area contributed by atoms with Crippen LogP contribution < -0.4 is 4.90 Å². The summed E-state index contributed by atoms with van der Waals surface area (Å²) in [7, 11) is 0. The van der Waals surface area contributed by atoms with Crippen molar-refractivity contribution in [3.05, 3.63) is 36.0 Å². The molecule has 1 aliphatic rings. The second kappa shape index (κ2) is 4.35. The molecule has 1 unspecified atom stereocenters. The van der Waals surface area contributed by atoms with Crippen LogP contribution in [0.25, 0.3) is 10.9 Å². The molecule has 3 nitrogen and oxygen atoms in total. The summed E-state index contributed by atoms with van der Waals surface area (Å²) in [6.07, 6.45) is 2.34. The summed E-state index contributed by atoms with van der Waals surface area (Å²) in [4.78, 5) is 18.5. The first-order valence-corrected chi connectivity index (χ1v) is 6.87. The Morgan fingerprint density at radius 2 is 2.22 bits per heavy atom. The number of fused-ring (bicyclic) bond motifs is 1. The second-order valence-electron chi connectivity index (χ2n) is 4.61. The fourth-order valence-electron chi connectivity index (χ4n) is 2.48. The smallest absolute Gasteiger partial charge is 0.228 e. The van der Waals surface area contributed by atoms with Crippen LogP contribution in [0.3, 0.4) is 0 Å². The van der Waals surface area contributed by atoms with Gasteiger partial charge in [0.25, 0.3) is 0 Å². The maximum absolute atomic E-state index is 12.1. The molecular formula is C14H13BrN2O. The van der Waals surface area contributed by atoms with E-state index in [1.165, 1.54) is 0 Å². The number of alkyl halides is 1. The lowest BCUT2D eigenvalue weighted by molar-refractivity contribution is -0.117. The lowest BCUT2D eigenvalue weighted by atomic mass is 10.1. The third-order valence-electron chi connectivity index (χ3n) is 3.31. The summed E-state index contributed by atoms with van der Waals surface area (Å²) >= 11 is 3.53. The van der Waals surface area contributed by atoms with Crippen molar-refractivity contribution in [1.82, 2.24) is 4.98 Å². The molecule has 1 fully saturated rings. The van der Waals surface area contributed by atoms with Crippen molar-refractivity contribution < 1.29 is 4.79 Å². The maximum Gasteiger partial charge on any atom is 0.228 e. The van der Waals surface area contributed by atoms with E-state index in [2.05, 4.69) is 20.9 Å². The molecule has 0 spiro atoms. The van der Waals surface area contributed by atoms with Gasteiger partial charge in [-0.25, -0.2) is 0 Å². The van der Waals surface area contributed by atoms with Crippen molar-refractivity contribution in [2.45, 2.75) is 18.2 Å². The van der Waals surface area contributed by atoms with Gasteiger partial charge < -0.3 is 4.90 Å². The van der Waals surface area contributed by atoms with Crippen LogP contribution in [0.5, 0.6) is 0 Å². The molecule has 18 heavy (non-hydrogen) atoms. The summed E-state index contributed by atoms with van der Waals surface area (Å²) in [5.74, 6) is 0.177. The molecule has 0 radical (unpaired) electrons. The first-order chi connectivity index (χ1) is 8.66. The van der Waals surface area contributed by atoms with Crippen LogP contribution in [0.2, 0.25) is 0 Å². The molecular weight excluding hydrogens is 292 g/mol. The van der Waals surface area contributed by atoms with Crippen LogP contribution in [-0.2, 0) is 4.79 Å². The zero-order chi connectivity index (χ0) is 12.7. The number of carbonyl (C=O) groups excluding carboxylic acids is 1. The summed E-state index contributed by atoms with van der Waals surface area (Å²) < 4.78 is 0. The van der Waals surface area contributed by atoms with Gasteiger partial charge >= 0.3 is 0 Å². The van der Waals surface area contributed by atoms with Gasteiger partial charge in [-0.3, -0.25) is 9.78 Å². The van der Waals surface area contributed by atoms with E-state index in [4.69, 9.17) is 0 Å². The Hall–Kier alpha value is -1.42. The number of aryl methyl sites for hydroxylation is 1. The number of amides is 1. The molecule has 0 bridgehead atoms. The molecule has 1 saturated heterocycles. The number of anilines is 1. The molecule has 92 valence electrons. The Labute approximate surface area is 114 Å². The highest BCUT2D eigenvalue weighted by molar-refractivity contribution is 9.09. The van der Waals surface area contributed by atoms with Crippen LogP contribution in [0, 0.1) is 6.92 Å². The van der Waals surface area contributed by atoms with Gasteiger partial charge in [0.15, 0.2) is 0 Å². The molecule has 0 aliphatic carbocycles. The van der Waals surface area contributed by atoms with E-state index in [1.54, 1.807) is 6.20 Å². The third-order valence-corrected chi connectivity index (χ3v) is 3.92. The van der Waals surface area contributed by atoms with Gasteiger partial charge in [-0.05, 0) is 30.7 Å². The van der Waals surface area contributed by atoms with E-state index in [0.29, 0.717) is 6.42 Å². The normalized spacial score (nSPS) is 19.8. The topological polar surface area (TPSA) is 33.2 Å². The molecule has 1 atom stereocenters. The van der Waals surface area contributed by atoms with Crippen molar-refractivity contribution in [2.24, 2.45) is 0 Å². The zero-order valence-corrected chi connectivity index (χ0v) is 11.6. The summed E-state index contributed by atoms with van der Waals surface area (Å²) in [5, 5.41) is 1.05. The fraction of sp³-hybridized carbons (Fsp3) is 0.286. The highest BCUT2D eigenvalue weighted by Gasteiger charge is 2.30. The monoisotopic (exact) mass is 304 g/mol. The Bertz CT molecular complexity index is 626. The van der Waals surface area contributed by atoms with Gasteiger partial charge in [0, 0.05) is 29.4 Å². The number of benzene rings is 1. The standard InChI is InChI=1S/C14H13BrN2O/c1-9-4-5-12-11(3-2-6-16-12)14(9)17-8-10(15)7-13(17)18/h2-6,10H,7-8H2,1H3. The van der Waals surface area contributed by atoms with Crippen molar-refractivity contribution in [1.29, 1.82) is 0 Å². The lowest BCUT2D eigenvalue weighted by Crippen LogP contribution is -2.25. The average Bonchev–Trinajstić information content (AvgIpc) is 2.68. The van der Waals surface area contributed by atoms with Crippen LogP contribution in [0.4, 0.5) is 5.69 Å². The van der Waals surface area contributed by atoms with Crippen LogP contribution >= 0.6 is 15.9 Å². The number of aromatic nitrogens is 1. The predicted molar refractivity (Wildman–Crippen MR) is 76.2 cm³/mol. The number of carbonyl (C=O) groups is 1. The highest BCUT2D eigenvalue weighted by Crippen LogP contribution is 2.33. The van der Waals surface area contributed by atoms with E-state index in [0.717, 1.165) is 28.7 Å². The minimum atomic E-state index is 0.177. The Morgan fingerprint density at radius 1 is 1.39 bits per heavy atom. The average molecular weight is 305 g/mol. The SMILES string of the molecule is Cc1ccc2ncccc2c1N1CC(Br)CC1=O. The van der Waals surface area contributed by atoms with E-state index in [1.807, 2.05) is 36.1 Å². The Kier molecular flexibility index (Phi) is 2.82. The Balaban J connectivity index is 2.22. The van der Waals surface area contributed by atoms with E-state index in [9.17, 15) is 4.79 Å². The van der Waals surface area contributed by atoms with Gasteiger partial charge in [-0.1, -0.05) is 22.0 Å². The van der Waals surface area contributed by atoms with Crippen molar-refractivity contribution in [3.63, 3.8) is 0 Å². The van der Waals surface area contributed by atoms with Gasteiger partial charge in [-0.15, -0.1) is 0 Å². The van der Waals surface area contributed by atoms with E-state index in [-0.39, 0.29) is 10.7 Å². The van der Waals surface area contributed by atoms with Crippen molar-refractivity contribution in [3.8, 4) is 0 Å². The van der Waals surface area contributed by atoms with Gasteiger partial charge in [0.05, 0.1) is 11.2 Å². The molecule has 1 aromatic heterocycles. The predicted octanol–water partition coefficient (Wildman–Crippen LogP) is 3.04. The quantitative estimate of drug-likeness (QED) is 0.759. The molecule has 3 rings (SSSR count). The van der Waals surface area contributed by atoms with Gasteiger partial charge in [0.1, 0.15) is 0 Å². The summed E-state index contributed by atoms with van der Waals surface area (Å²) in [5.41, 5.74) is 3.06. The molecule has 0 saturated carbocycles. The van der Waals surface area contributed by atoms with Crippen LogP contribution in [0.15, 0.2) is 30.5 Å². The number of pyridine rings is 1. The largest absolute Gasteiger partial charge is 0.310 e. The van der Waals surface area contributed by atoms with Crippen LogP contribution in [-0.4, -0.2) is 22.3 Å². The van der Waals surface area contributed by atoms with Gasteiger partial charge in [0.2, 0.25) is 5.91 Å². The first-order valence-electron chi connectivity index (χ1n) is 5.95. The molecule has 0 N–H and O–H groups in total. The second-order valence-corrected chi connectivity index (χ2v) is 5.90. The Morgan fingerprint density at radius 3 is 2.94 bits per heavy atom. The first kappa shape index (κ1) is 11.7. The molecule has 2 aromatic rings. The van der Waals surface area contributed by atoms with E-state index >= 15 is 0 Å². The highest BCUT2D eigenvalue weighted by atomic mass is 79.9. The van der Waals surface area contributed by atoms with Crippen molar-refractivity contribution in [2.75, 3.05) is 11.4 Å². The molecule has 2 heterocycles. The van der Waals surface area contributed by atoms with Crippen molar-refractivity contribution >= 4 is 38.4 Å². The number of nitrogens with zero attached hydrogens (tertiary/aromatic N) is 2. The van der Waals surface area contributed by atoms with Crippen LogP contribution in [0.1, 0.15) is 12.0 Å². The number of hydrogen-bond acceptors (Lipinski definition) is 2. The summed E-state index contributed by atoms with van der Waals surface area (Å²) in [6.45, 7) is 2.77.